The van der Waals surface area contributed by atoms with Gasteiger partial charge in [-0.1, -0.05) is 19.3 Å². The first-order valence-electron chi connectivity index (χ1n) is 11.1. The Morgan fingerprint density at radius 1 is 1.16 bits per heavy atom. The second kappa shape index (κ2) is 12.7. The number of hydrogen-bond acceptors (Lipinski definition) is 7. The maximum Gasteiger partial charge on any atom is 0.305 e. The van der Waals surface area contributed by atoms with Crippen molar-refractivity contribution in [2.24, 2.45) is 0 Å². The Labute approximate surface area is 191 Å². The van der Waals surface area contributed by atoms with E-state index in [2.05, 4.69) is 9.88 Å². The topological polar surface area (TPSA) is 60.9 Å². The zero-order valence-corrected chi connectivity index (χ0v) is 19.2. The quantitative estimate of drug-likeness (QED) is 0.315. The SMILES string of the molecule is CCOC(=O)CCCCCCCOc1c(-c2csc(N3CCOCC3)n2)ccc(F)c1F. The number of benzene rings is 1. The molecule has 0 aliphatic carbocycles. The Kier molecular flexibility index (Phi) is 9.67. The number of aromatic nitrogens is 1. The molecule has 0 atom stereocenters. The second-order valence-corrected chi connectivity index (χ2v) is 8.36. The first-order valence-corrected chi connectivity index (χ1v) is 12.0. The summed E-state index contributed by atoms with van der Waals surface area (Å²) in [4.78, 5) is 18.1. The van der Waals surface area contributed by atoms with E-state index in [0.717, 1.165) is 50.0 Å². The fraction of sp³-hybridized carbons (Fsp3) is 0.565. The lowest BCUT2D eigenvalue weighted by molar-refractivity contribution is -0.143. The smallest absolute Gasteiger partial charge is 0.305 e. The molecule has 0 bridgehead atoms. The van der Waals surface area contributed by atoms with E-state index in [-0.39, 0.29) is 18.3 Å². The Morgan fingerprint density at radius 2 is 1.91 bits per heavy atom. The third kappa shape index (κ3) is 6.87. The van der Waals surface area contributed by atoms with Crippen LogP contribution in [0.4, 0.5) is 13.9 Å². The summed E-state index contributed by atoms with van der Waals surface area (Å²) < 4.78 is 44.4. The molecular formula is C23H30F2N2O4S. The van der Waals surface area contributed by atoms with Crippen molar-refractivity contribution >= 4 is 22.4 Å². The number of thiazole rings is 1. The Morgan fingerprint density at radius 3 is 2.69 bits per heavy atom. The van der Waals surface area contributed by atoms with Crippen LogP contribution >= 0.6 is 11.3 Å². The van der Waals surface area contributed by atoms with E-state index in [4.69, 9.17) is 14.2 Å². The van der Waals surface area contributed by atoms with E-state index in [1.165, 1.54) is 17.4 Å². The number of morpholine rings is 1. The third-order valence-electron chi connectivity index (χ3n) is 5.18. The number of ether oxygens (including phenoxy) is 3. The molecule has 3 rings (SSSR count). The highest BCUT2D eigenvalue weighted by molar-refractivity contribution is 7.14. The molecule has 0 N–H and O–H groups in total. The summed E-state index contributed by atoms with van der Waals surface area (Å²) in [5, 5.41) is 2.68. The van der Waals surface area contributed by atoms with Crippen molar-refractivity contribution in [2.45, 2.75) is 45.4 Å². The van der Waals surface area contributed by atoms with Crippen LogP contribution in [0.25, 0.3) is 11.3 Å². The second-order valence-electron chi connectivity index (χ2n) is 7.52. The predicted molar refractivity (Wildman–Crippen MR) is 120 cm³/mol. The number of unbranched alkanes of at least 4 members (excludes halogenated alkanes) is 4. The maximum absolute atomic E-state index is 14.5. The van der Waals surface area contributed by atoms with Crippen molar-refractivity contribution in [3.8, 4) is 17.0 Å². The fourth-order valence-corrected chi connectivity index (χ4v) is 4.35. The van der Waals surface area contributed by atoms with E-state index >= 15 is 0 Å². The summed E-state index contributed by atoms with van der Waals surface area (Å²) in [5.74, 6) is -2.18. The molecule has 1 aromatic heterocycles. The molecule has 0 unspecified atom stereocenters. The first kappa shape index (κ1) is 24.4. The van der Waals surface area contributed by atoms with Gasteiger partial charge in [0.1, 0.15) is 0 Å². The zero-order chi connectivity index (χ0) is 22.8. The number of carbonyl (C=O) groups is 1. The monoisotopic (exact) mass is 468 g/mol. The molecule has 0 spiro atoms. The summed E-state index contributed by atoms with van der Waals surface area (Å²) in [5.41, 5.74) is 1.03. The number of anilines is 1. The minimum atomic E-state index is -0.988. The molecule has 1 aromatic carbocycles. The van der Waals surface area contributed by atoms with E-state index in [1.54, 1.807) is 6.92 Å². The molecule has 176 valence electrons. The average molecular weight is 469 g/mol. The predicted octanol–water partition coefficient (Wildman–Crippen LogP) is 5.21. The minimum Gasteiger partial charge on any atom is -0.490 e. The molecule has 1 aliphatic heterocycles. The largest absolute Gasteiger partial charge is 0.490 e. The van der Waals surface area contributed by atoms with Crippen molar-refractivity contribution < 1.29 is 27.8 Å². The summed E-state index contributed by atoms with van der Waals surface area (Å²) in [6.07, 6.45) is 4.68. The molecule has 0 amide bonds. The molecule has 6 nitrogen and oxygen atoms in total. The van der Waals surface area contributed by atoms with E-state index in [0.29, 0.717) is 43.9 Å². The highest BCUT2D eigenvalue weighted by Crippen LogP contribution is 2.36. The van der Waals surface area contributed by atoms with Gasteiger partial charge in [-0.25, -0.2) is 9.37 Å². The van der Waals surface area contributed by atoms with Gasteiger partial charge in [0, 0.05) is 30.5 Å². The van der Waals surface area contributed by atoms with Crippen LogP contribution in [-0.2, 0) is 14.3 Å². The van der Waals surface area contributed by atoms with Crippen LogP contribution < -0.4 is 9.64 Å². The maximum atomic E-state index is 14.5. The summed E-state index contributed by atoms with van der Waals surface area (Å²) in [7, 11) is 0. The molecule has 1 fully saturated rings. The Balaban J connectivity index is 1.52. The van der Waals surface area contributed by atoms with Gasteiger partial charge in [0.25, 0.3) is 0 Å². The zero-order valence-electron chi connectivity index (χ0n) is 18.4. The number of rotatable bonds is 12. The van der Waals surface area contributed by atoms with Crippen LogP contribution in [-0.4, -0.2) is 50.5 Å². The molecule has 0 saturated carbocycles. The number of halogens is 2. The molecule has 1 saturated heterocycles. The lowest BCUT2D eigenvalue weighted by Gasteiger charge is -2.26. The molecule has 0 radical (unpaired) electrons. The molecule has 2 aromatic rings. The van der Waals surface area contributed by atoms with Crippen LogP contribution in [0.1, 0.15) is 45.4 Å². The van der Waals surface area contributed by atoms with Gasteiger partial charge >= 0.3 is 5.97 Å². The Hall–Kier alpha value is -2.26. The molecule has 32 heavy (non-hydrogen) atoms. The highest BCUT2D eigenvalue weighted by atomic mass is 32.1. The molecular weight excluding hydrogens is 438 g/mol. The summed E-state index contributed by atoms with van der Waals surface area (Å²) in [6, 6.07) is 2.62. The van der Waals surface area contributed by atoms with Crippen LogP contribution in [0.2, 0.25) is 0 Å². The third-order valence-corrected chi connectivity index (χ3v) is 6.08. The van der Waals surface area contributed by atoms with Crippen molar-refractivity contribution in [3.63, 3.8) is 0 Å². The van der Waals surface area contributed by atoms with Gasteiger partial charge in [0.2, 0.25) is 5.82 Å². The van der Waals surface area contributed by atoms with Crippen LogP contribution in [0.3, 0.4) is 0 Å². The number of carbonyl (C=O) groups excluding carboxylic acids is 1. The van der Waals surface area contributed by atoms with Gasteiger partial charge in [0.15, 0.2) is 16.7 Å². The molecule has 1 aliphatic rings. The van der Waals surface area contributed by atoms with Gasteiger partial charge in [-0.2, -0.15) is 4.39 Å². The minimum absolute atomic E-state index is 0.0915. The van der Waals surface area contributed by atoms with Crippen molar-refractivity contribution in [3.05, 3.63) is 29.1 Å². The van der Waals surface area contributed by atoms with Crippen LogP contribution in [0.5, 0.6) is 5.75 Å². The van der Waals surface area contributed by atoms with E-state index in [9.17, 15) is 13.6 Å². The van der Waals surface area contributed by atoms with Crippen molar-refractivity contribution in [1.29, 1.82) is 0 Å². The normalized spacial score (nSPS) is 13.9. The van der Waals surface area contributed by atoms with Crippen molar-refractivity contribution in [1.82, 2.24) is 4.98 Å². The lowest BCUT2D eigenvalue weighted by Crippen LogP contribution is -2.36. The first-order chi connectivity index (χ1) is 15.6. The average Bonchev–Trinajstić information content (AvgIpc) is 3.29. The highest BCUT2D eigenvalue weighted by Gasteiger charge is 2.20. The molecule has 2 heterocycles. The van der Waals surface area contributed by atoms with Gasteiger partial charge < -0.3 is 19.1 Å². The standard InChI is InChI=1S/C23H30F2N2O4S/c1-2-30-20(28)8-6-4-3-5-7-13-31-22-17(9-10-18(24)21(22)25)19-16-32-23(26-19)27-11-14-29-15-12-27/h9-10,16H,2-8,11-15H2,1H3. The van der Waals surface area contributed by atoms with E-state index < -0.39 is 11.6 Å². The number of esters is 1. The van der Waals surface area contributed by atoms with Crippen LogP contribution in [0.15, 0.2) is 17.5 Å². The number of hydrogen-bond donors (Lipinski definition) is 0. The van der Waals surface area contributed by atoms with Gasteiger partial charge in [0.05, 0.1) is 32.1 Å². The van der Waals surface area contributed by atoms with Gasteiger partial charge in [-0.3, -0.25) is 4.79 Å². The van der Waals surface area contributed by atoms with E-state index in [1.807, 2.05) is 5.38 Å². The lowest BCUT2D eigenvalue weighted by atomic mass is 10.1. The van der Waals surface area contributed by atoms with Crippen molar-refractivity contribution in [2.75, 3.05) is 44.4 Å². The van der Waals surface area contributed by atoms with Gasteiger partial charge in [-0.05, 0) is 31.9 Å². The fourth-order valence-electron chi connectivity index (χ4n) is 3.47. The number of nitrogens with zero attached hydrogens (tertiary/aromatic N) is 2. The molecule has 9 heteroatoms. The van der Waals surface area contributed by atoms with Gasteiger partial charge in [-0.15, -0.1) is 11.3 Å². The summed E-state index contributed by atoms with van der Waals surface area (Å²) >= 11 is 1.47. The van der Waals surface area contributed by atoms with Crippen LogP contribution in [0, 0.1) is 11.6 Å². The Bertz CT molecular complexity index is 872. The summed E-state index contributed by atoms with van der Waals surface area (Å²) in [6.45, 7) is 5.30.